The third kappa shape index (κ3) is 4.31. The third-order valence-electron chi connectivity index (χ3n) is 4.74. The maximum Gasteiger partial charge on any atom is 0.249 e. The maximum atomic E-state index is 12.3. The first-order valence-corrected chi connectivity index (χ1v) is 9.24. The van der Waals surface area contributed by atoms with Crippen LogP contribution in [0.4, 0.5) is 5.82 Å². The van der Waals surface area contributed by atoms with Crippen LogP contribution in [0.1, 0.15) is 43.0 Å². The highest BCUT2D eigenvalue weighted by Gasteiger charge is 2.20. The zero-order chi connectivity index (χ0) is 18.5. The van der Waals surface area contributed by atoms with Crippen LogP contribution in [0.3, 0.4) is 0 Å². The quantitative estimate of drug-likeness (QED) is 0.683. The summed E-state index contributed by atoms with van der Waals surface area (Å²) in [6.07, 6.45) is 11.4. The molecular weight excluding hydrogens is 340 g/mol. The normalized spacial score (nSPS) is 14.8. The molecule has 1 amide bonds. The summed E-state index contributed by atoms with van der Waals surface area (Å²) in [6.45, 7) is 0.647. The van der Waals surface area contributed by atoms with Crippen molar-refractivity contribution in [2.75, 3.05) is 5.32 Å². The second-order valence-electron chi connectivity index (χ2n) is 6.75. The number of benzene rings is 1. The average Bonchev–Trinajstić information content (AvgIpc) is 3.43. The Bertz CT molecular complexity index is 921. The molecule has 3 aromatic rings. The Kier molecular flexibility index (Phi) is 5.09. The van der Waals surface area contributed by atoms with Gasteiger partial charge in [-0.2, -0.15) is 5.10 Å². The summed E-state index contributed by atoms with van der Waals surface area (Å²) in [4.78, 5) is 12.3. The Labute approximate surface area is 157 Å². The van der Waals surface area contributed by atoms with E-state index in [1.54, 1.807) is 17.0 Å². The number of aromatic nitrogens is 5. The number of nitrogens with zero attached hydrogens (tertiary/aromatic N) is 5. The van der Waals surface area contributed by atoms with Gasteiger partial charge in [-0.1, -0.05) is 48.4 Å². The second-order valence-corrected chi connectivity index (χ2v) is 6.75. The van der Waals surface area contributed by atoms with Crippen LogP contribution < -0.4 is 5.32 Å². The third-order valence-corrected chi connectivity index (χ3v) is 4.74. The van der Waals surface area contributed by atoms with E-state index in [1.807, 2.05) is 47.3 Å². The van der Waals surface area contributed by atoms with Gasteiger partial charge in [0.25, 0.3) is 0 Å². The van der Waals surface area contributed by atoms with Gasteiger partial charge in [0.2, 0.25) is 5.91 Å². The number of rotatable bonds is 6. The van der Waals surface area contributed by atoms with Crippen molar-refractivity contribution in [3.63, 3.8) is 0 Å². The molecule has 7 heteroatoms. The van der Waals surface area contributed by atoms with E-state index < -0.39 is 0 Å². The summed E-state index contributed by atoms with van der Waals surface area (Å²) < 4.78 is 3.68. The van der Waals surface area contributed by atoms with Crippen LogP contribution in [0.25, 0.3) is 6.08 Å². The predicted molar refractivity (Wildman–Crippen MR) is 103 cm³/mol. The molecule has 0 atom stereocenters. The number of carbonyl (C=O) groups excluding carboxylic acids is 1. The fourth-order valence-electron chi connectivity index (χ4n) is 3.42. The molecule has 0 saturated heterocycles. The fourth-order valence-corrected chi connectivity index (χ4v) is 3.42. The van der Waals surface area contributed by atoms with Crippen LogP contribution in [0, 0.1) is 0 Å². The van der Waals surface area contributed by atoms with Crippen LogP contribution in [0.5, 0.6) is 0 Å². The first-order valence-electron chi connectivity index (χ1n) is 9.24. The average molecular weight is 362 g/mol. The zero-order valence-electron chi connectivity index (χ0n) is 15.0. The topological polar surface area (TPSA) is 77.6 Å². The molecular formula is C20H22N6O. The molecule has 0 bridgehead atoms. The minimum Gasteiger partial charge on any atom is -0.307 e. The van der Waals surface area contributed by atoms with Gasteiger partial charge in [-0.3, -0.25) is 4.79 Å². The minimum atomic E-state index is -0.202. The molecule has 2 aromatic heterocycles. The Balaban J connectivity index is 1.36. The van der Waals surface area contributed by atoms with Gasteiger partial charge in [0.15, 0.2) is 0 Å². The lowest BCUT2D eigenvalue weighted by Gasteiger charge is -2.13. The second kappa shape index (κ2) is 7.99. The highest BCUT2D eigenvalue weighted by atomic mass is 16.1. The van der Waals surface area contributed by atoms with E-state index in [0.29, 0.717) is 18.3 Å². The number of hydrogen-bond acceptors (Lipinski definition) is 4. The van der Waals surface area contributed by atoms with E-state index in [1.165, 1.54) is 18.9 Å². The molecule has 1 fully saturated rings. The molecule has 1 aromatic carbocycles. The molecule has 1 saturated carbocycles. The van der Waals surface area contributed by atoms with Gasteiger partial charge in [0.1, 0.15) is 11.5 Å². The number of amides is 1. The monoisotopic (exact) mass is 362 g/mol. The summed E-state index contributed by atoms with van der Waals surface area (Å²) in [5.74, 6) is 0.539. The Morgan fingerprint density at radius 3 is 2.81 bits per heavy atom. The van der Waals surface area contributed by atoms with Crippen LogP contribution in [-0.4, -0.2) is 30.7 Å². The van der Waals surface area contributed by atoms with Crippen LogP contribution in [0.15, 0.2) is 54.9 Å². The Morgan fingerprint density at radius 2 is 2.00 bits per heavy atom. The van der Waals surface area contributed by atoms with Crippen molar-refractivity contribution in [2.24, 2.45) is 0 Å². The van der Waals surface area contributed by atoms with E-state index in [-0.39, 0.29) is 5.91 Å². The lowest BCUT2D eigenvalue weighted by molar-refractivity contribution is -0.111. The van der Waals surface area contributed by atoms with E-state index >= 15 is 0 Å². The van der Waals surface area contributed by atoms with Gasteiger partial charge in [-0.25, -0.2) is 9.36 Å². The molecule has 0 spiro atoms. The van der Waals surface area contributed by atoms with Crippen LogP contribution in [0.2, 0.25) is 0 Å². The van der Waals surface area contributed by atoms with Gasteiger partial charge < -0.3 is 5.32 Å². The Hall–Kier alpha value is -3.22. The molecule has 0 radical (unpaired) electrons. The standard InChI is InChI=1S/C20H22N6O/c27-20(22-19-12-13-21-26(19)18-8-4-5-9-18)11-10-17-15-25(24-23-17)14-16-6-2-1-3-7-16/h1-3,6-7,10-13,15,18H,4-5,8-9,14H2,(H,22,27)/b11-10+. The van der Waals surface area contributed by atoms with Crippen molar-refractivity contribution in [1.82, 2.24) is 24.8 Å². The first-order chi connectivity index (χ1) is 13.3. The van der Waals surface area contributed by atoms with Crippen molar-refractivity contribution in [3.05, 3.63) is 66.1 Å². The summed E-state index contributed by atoms with van der Waals surface area (Å²) in [6, 6.07) is 12.3. The summed E-state index contributed by atoms with van der Waals surface area (Å²) in [5, 5.41) is 15.5. The van der Waals surface area contributed by atoms with Gasteiger partial charge in [-0.15, -0.1) is 5.10 Å². The molecule has 0 unspecified atom stereocenters. The summed E-state index contributed by atoms with van der Waals surface area (Å²) in [7, 11) is 0. The molecule has 7 nitrogen and oxygen atoms in total. The van der Waals surface area contributed by atoms with Crippen molar-refractivity contribution < 1.29 is 4.79 Å². The van der Waals surface area contributed by atoms with E-state index in [2.05, 4.69) is 20.7 Å². The van der Waals surface area contributed by atoms with Crippen LogP contribution in [-0.2, 0) is 11.3 Å². The lowest BCUT2D eigenvalue weighted by atomic mass is 10.2. The predicted octanol–water partition coefficient (Wildman–Crippen LogP) is 3.29. The number of hydrogen-bond donors (Lipinski definition) is 1. The smallest absolute Gasteiger partial charge is 0.249 e. The van der Waals surface area contributed by atoms with Crippen molar-refractivity contribution >= 4 is 17.8 Å². The highest BCUT2D eigenvalue weighted by molar-refractivity contribution is 6.01. The number of anilines is 1. The summed E-state index contributed by atoms with van der Waals surface area (Å²) in [5.41, 5.74) is 1.79. The highest BCUT2D eigenvalue weighted by Crippen LogP contribution is 2.31. The molecule has 1 N–H and O–H groups in total. The minimum absolute atomic E-state index is 0.202. The van der Waals surface area contributed by atoms with Gasteiger partial charge in [0.05, 0.1) is 25.0 Å². The lowest BCUT2D eigenvalue weighted by Crippen LogP contribution is -2.15. The molecule has 1 aliphatic rings. The molecule has 4 rings (SSSR count). The van der Waals surface area contributed by atoms with Crippen molar-refractivity contribution in [1.29, 1.82) is 0 Å². The van der Waals surface area contributed by atoms with E-state index in [0.717, 1.165) is 24.2 Å². The summed E-state index contributed by atoms with van der Waals surface area (Å²) >= 11 is 0. The molecule has 2 heterocycles. The fraction of sp³-hybridized carbons (Fsp3) is 0.300. The van der Waals surface area contributed by atoms with Crippen molar-refractivity contribution in [2.45, 2.75) is 38.3 Å². The molecule has 1 aliphatic carbocycles. The van der Waals surface area contributed by atoms with Crippen LogP contribution >= 0.6 is 0 Å². The SMILES string of the molecule is O=C(/C=C/c1cn(Cc2ccccc2)nn1)Nc1ccnn1C1CCCC1. The van der Waals surface area contributed by atoms with Gasteiger partial charge >= 0.3 is 0 Å². The molecule has 0 aliphatic heterocycles. The van der Waals surface area contributed by atoms with E-state index in [4.69, 9.17) is 0 Å². The molecule has 27 heavy (non-hydrogen) atoms. The van der Waals surface area contributed by atoms with Crippen molar-refractivity contribution in [3.8, 4) is 0 Å². The van der Waals surface area contributed by atoms with E-state index in [9.17, 15) is 4.79 Å². The number of nitrogens with one attached hydrogen (secondary N) is 1. The van der Waals surface area contributed by atoms with Gasteiger partial charge in [-0.05, 0) is 24.5 Å². The number of carbonyl (C=O) groups is 1. The van der Waals surface area contributed by atoms with Gasteiger partial charge in [0, 0.05) is 12.1 Å². The zero-order valence-corrected chi connectivity index (χ0v) is 15.0. The Morgan fingerprint density at radius 1 is 1.19 bits per heavy atom. The largest absolute Gasteiger partial charge is 0.307 e. The first kappa shape index (κ1) is 17.2. The maximum absolute atomic E-state index is 12.3. The molecule has 138 valence electrons.